The van der Waals surface area contributed by atoms with Crippen molar-refractivity contribution in [1.29, 1.82) is 0 Å². The Labute approximate surface area is 440 Å². The fourth-order valence-electron chi connectivity index (χ4n) is 12.6. The summed E-state index contributed by atoms with van der Waals surface area (Å²) in [6.45, 7) is 0. The lowest BCUT2D eigenvalue weighted by Gasteiger charge is -2.42. The third kappa shape index (κ3) is 6.31. The minimum atomic E-state index is 1.10. The molecule has 0 unspecified atom stereocenters. The van der Waals surface area contributed by atoms with Crippen LogP contribution >= 0.6 is 0 Å². The molecule has 0 aliphatic carbocycles. The Hall–Kier alpha value is -10.2. The summed E-state index contributed by atoms with van der Waals surface area (Å²) in [5, 5.41) is 14.7. The third-order valence-corrected chi connectivity index (χ3v) is 16.0. The smallest absolute Gasteiger partial charge is 0.0709 e. The molecule has 4 nitrogen and oxygen atoms in total. The fraction of sp³-hybridized carbons (Fsp3) is 0. The van der Waals surface area contributed by atoms with E-state index in [0.29, 0.717) is 0 Å². The Bertz CT molecular complexity index is 4700. The Balaban J connectivity index is 0.970. The highest BCUT2D eigenvalue weighted by atomic mass is 15.3. The van der Waals surface area contributed by atoms with Crippen LogP contribution in [0.4, 0.5) is 68.2 Å². The van der Waals surface area contributed by atoms with E-state index in [2.05, 4.69) is 299 Å². The van der Waals surface area contributed by atoms with Crippen LogP contribution in [-0.4, -0.2) is 0 Å². The SMILES string of the molecule is c1ccc(N2c3ccccc3N(c3cc4ccccc4c4ccccc34)c3cc(-c4ccc5c(c4)N(c4cc6ccccc6c6ccccc46)c4ccccc4N5c4cc5ccccc5c5ccccc45)ccc32)cc1. The predicted molar refractivity (Wildman–Crippen MR) is 323 cm³/mol. The summed E-state index contributed by atoms with van der Waals surface area (Å²) in [7, 11) is 0. The Kier molecular flexibility index (Phi) is 9.30. The minimum absolute atomic E-state index is 1.10. The summed E-state index contributed by atoms with van der Waals surface area (Å²) in [4.78, 5) is 9.98. The summed E-state index contributed by atoms with van der Waals surface area (Å²) < 4.78 is 0. The van der Waals surface area contributed by atoms with Crippen molar-refractivity contribution in [3.8, 4) is 11.1 Å². The molecule has 354 valence electrons. The van der Waals surface area contributed by atoms with Gasteiger partial charge in [-0.1, -0.05) is 200 Å². The van der Waals surface area contributed by atoms with E-state index in [-0.39, 0.29) is 0 Å². The van der Waals surface area contributed by atoms with Gasteiger partial charge in [-0.3, -0.25) is 0 Å². The second-order valence-corrected chi connectivity index (χ2v) is 20.0. The van der Waals surface area contributed by atoms with Crippen LogP contribution in [0.1, 0.15) is 0 Å². The topological polar surface area (TPSA) is 13.0 Å². The van der Waals surface area contributed by atoms with Crippen LogP contribution in [0.5, 0.6) is 0 Å². The molecule has 0 saturated heterocycles. The second kappa shape index (κ2) is 16.7. The van der Waals surface area contributed by atoms with Gasteiger partial charge in [0.25, 0.3) is 0 Å². The molecular formula is C72H46N4. The number of nitrogens with zero attached hydrogens (tertiary/aromatic N) is 4. The summed E-state index contributed by atoms with van der Waals surface area (Å²) in [6, 6.07) is 103. The van der Waals surface area contributed by atoms with Gasteiger partial charge in [0.1, 0.15) is 0 Å². The van der Waals surface area contributed by atoms with Crippen molar-refractivity contribution in [3.63, 3.8) is 0 Å². The van der Waals surface area contributed by atoms with Gasteiger partial charge in [-0.15, -0.1) is 0 Å². The van der Waals surface area contributed by atoms with Crippen LogP contribution in [0.15, 0.2) is 279 Å². The van der Waals surface area contributed by atoms with Crippen LogP contribution in [0.25, 0.3) is 75.8 Å². The predicted octanol–water partition coefficient (Wildman–Crippen LogP) is 20.8. The van der Waals surface area contributed by atoms with Crippen LogP contribution in [0.2, 0.25) is 0 Å². The van der Waals surface area contributed by atoms with E-state index >= 15 is 0 Å². The van der Waals surface area contributed by atoms with E-state index < -0.39 is 0 Å². The van der Waals surface area contributed by atoms with Crippen LogP contribution < -0.4 is 19.6 Å². The average Bonchev–Trinajstić information content (AvgIpc) is 3.59. The molecule has 2 aliphatic heterocycles. The summed E-state index contributed by atoms with van der Waals surface area (Å²) in [5.74, 6) is 0. The standard InChI is InChI=1S/C72H46N4/c1-2-23-52(24-3-1)73-62-34-16-17-35-63(62)75(69-45-50-21-5-8-26-54(50)57-29-11-14-32-60(57)69)71-42-47(38-40-66(71)73)48-39-41-67-72(43-48)76(70-46-51-22-6-9-27-55(51)58-30-12-15-33-61(58)70)65-37-19-18-36-64(65)74(67)68-44-49-20-4-7-25-53(49)56-28-10-13-31-59(56)68/h1-46H. The molecule has 4 heteroatoms. The van der Waals surface area contributed by atoms with Gasteiger partial charge < -0.3 is 19.6 Å². The number of hydrogen-bond acceptors (Lipinski definition) is 4. The van der Waals surface area contributed by atoms with Crippen molar-refractivity contribution in [2.45, 2.75) is 0 Å². The van der Waals surface area contributed by atoms with Crippen LogP contribution in [-0.2, 0) is 0 Å². The van der Waals surface area contributed by atoms with E-state index in [9.17, 15) is 0 Å². The molecule has 0 aromatic heterocycles. The third-order valence-electron chi connectivity index (χ3n) is 16.0. The monoisotopic (exact) mass is 966 g/mol. The Morgan fingerprint density at radius 2 is 0.434 bits per heavy atom. The molecule has 14 aromatic carbocycles. The molecule has 0 fully saturated rings. The molecule has 0 radical (unpaired) electrons. The summed E-state index contributed by atoms with van der Waals surface area (Å²) in [5.41, 5.74) is 15.6. The Morgan fingerprint density at radius 3 is 0.829 bits per heavy atom. The maximum Gasteiger partial charge on any atom is 0.0709 e. The normalized spacial score (nSPS) is 12.9. The molecule has 76 heavy (non-hydrogen) atoms. The maximum absolute atomic E-state index is 2.53. The van der Waals surface area contributed by atoms with Gasteiger partial charge in [-0.25, -0.2) is 0 Å². The van der Waals surface area contributed by atoms with Gasteiger partial charge in [0.15, 0.2) is 0 Å². The number of hydrogen-bond donors (Lipinski definition) is 0. The number of benzene rings is 14. The molecule has 0 spiro atoms. The number of rotatable bonds is 5. The molecule has 2 heterocycles. The van der Waals surface area contributed by atoms with Gasteiger partial charge in [0.2, 0.25) is 0 Å². The van der Waals surface area contributed by atoms with E-state index in [1.165, 1.54) is 64.6 Å². The molecule has 0 atom stereocenters. The fourth-order valence-corrected chi connectivity index (χ4v) is 12.6. The van der Waals surface area contributed by atoms with Gasteiger partial charge in [0.05, 0.1) is 62.6 Å². The first-order chi connectivity index (χ1) is 37.7. The van der Waals surface area contributed by atoms with Gasteiger partial charge in [0, 0.05) is 21.8 Å². The molecule has 16 rings (SSSR count). The highest BCUT2D eigenvalue weighted by Crippen LogP contribution is 2.60. The number of para-hydroxylation sites is 5. The summed E-state index contributed by atoms with van der Waals surface area (Å²) >= 11 is 0. The first kappa shape index (κ1) is 42.4. The first-order valence-electron chi connectivity index (χ1n) is 26.2. The first-order valence-corrected chi connectivity index (χ1v) is 26.2. The van der Waals surface area contributed by atoms with E-state index in [1.807, 2.05) is 0 Å². The molecule has 0 amide bonds. The molecule has 0 saturated carbocycles. The van der Waals surface area contributed by atoms with Gasteiger partial charge >= 0.3 is 0 Å². The summed E-state index contributed by atoms with van der Waals surface area (Å²) in [6.07, 6.45) is 0. The van der Waals surface area contributed by atoms with Crippen LogP contribution in [0.3, 0.4) is 0 Å². The zero-order chi connectivity index (χ0) is 49.8. The van der Waals surface area contributed by atoms with Crippen molar-refractivity contribution < 1.29 is 0 Å². The van der Waals surface area contributed by atoms with E-state index in [4.69, 9.17) is 0 Å². The van der Waals surface area contributed by atoms with Gasteiger partial charge in [-0.2, -0.15) is 0 Å². The molecule has 14 aromatic rings. The van der Waals surface area contributed by atoms with Crippen molar-refractivity contribution in [3.05, 3.63) is 279 Å². The van der Waals surface area contributed by atoms with Crippen LogP contribution in [0, 0.1) is 0 Å². The Morgan fingerprint density at radius 1 is 0.158 bits per heavy atom. The van der Waals surface area contributed by atoms with Crippen molar-refractivity contribution in [1.82, 2.24) is 0 Å². The van der Waals surface area contributed by atoms with Crippen molar-refractivity contribution in [2.24, 2.45) is 0 Å². The minimum Gasteiger partial charge on any atom is -0.306 e. The quantitative estimate of drug-likeness (QED) is 0.159. The largest absolute Gasteiger partial charge is 0.306 e. The molecule has 0 bridgehead atoms. The molecular weight excluding hydrogens is 921 g/mol. The van der Waals surface area contributed by atoms with Crippen molar-refractivity contribution >= 4 is 133 Å². The average molecular weight is 967 g/mol. The lowest BCUT2D eigenvalue weighted by molar-refractivity contribution is 1.17. The number of fused-ring (bicyclic) bond motifs is 13. The highest BCUT2D eigenvalue weighted by Gasteiger charge is 2.35. The molecule has 0 N–H and O–H groups in total. The lowest BCUT2D eigenvalue weighted by atomic mass is 9.94. The number of anilines is 12. The lowest BCUT2D eigenvalue weighted by Crippen LogP contribution is -2.24. The van der Waals surface area contributed by atoms with Crippen molar-refractivity contribution in [2.75, 3.05) is 19.6 Å². The molecule has 2 aliphatic rings. The zero-order valence-corrected chi connectivity index (χ0v) is 41.3. The van der Waals surface area contributed by atoms with E-state index in [0.717, 1.165) is 79.4 Å². The van der Waals surface area contributed by atoms with E-state index in [1.54, 1.807) is 0 Å². The second-order valence-electron chi connectivity index (χ2n) is 20.0. The maximum atomic E-state index is 2.53. The zero-order valence-electron chi connectivity index (χ0n) is 41.3. The van der Waals surface area contributed by atoms with Gasteiger partial charge in [-0.05, 0) is 138 Å². The highest BCUT2D eigenvalue weighted by molar-refractivity contribution is 6.20.